The first kappa shape index (κ1) is 14.6. The highest BCUT2D eigenvalue weighted by Crippen LogP contribution is 2.55. The number of nitrogens with one attached hydrogen (secondary N) is 1. The zero-order valence-corrected chi connectivity index (χ0v) is 13.1. The summed E-state index contributed by atoms with van der Waals surface area (Å²) >= 11 is 0. The van der Waals surface area contributed by atoms with Crippen molar-refractivity contribution < 1.29 is 9.53 Å². The maximum Gasteiger partial charge on any atom is 0.255 e. The lowest BCUT2D eigenvalue weighted by molar-refractivity contribution is -0.170. The summed E-state index contributed by atoms with van der Waals surface area (Å²) in [5.74, 6) is 0.126. The van der Waals surface area contributed by atoms with Gasteiger partial charge in [0.15, 0.2) is 0 Å². The van der Waals surface area contributed by atoms with E-state index in [1.807, 2.05) is 18.0 Å². The molecule has 0 saturated heterocycles. The molecule has 1 heterocycles. The fourth-order valence-corrected chi connectivity index (χ4v) is 4.37. The number of ether oxygens (including phenoxy) is 1. The molecule has 4 nitrogen and oxygen atoms in total. The number of H-pyrrole nitrogens is 1. The first-order valence-electron chi connectivity index (χ1n) is 8.20. The van der Waals surface area contributed by atoms with Crippen LogP contribution in [0, 0.1) is 5.41 Å². The van der Waals surface area contributed by atoms with Crippen molar-refractivity contribution in [1.82, 2.24) is 9.88 Å². The molecule has 2 atom stereocenters. The van der Waals surface area contributed by atoms with Gasteiger partial charge in [-0.05, 0) is 32.3 Å². The highest BCUT2D eigenvalue weighted by Gasteiger charge is 2.57. The van der Waals surface area contributed by atoms with E-state index in [1.54, 1.807) is 12.4 Å². The number of amides is 1. The van der Waals surface area contributed by atoms with Crippen LogP contribution in [0.2, 0.25) is 0 Å². The average molecular weight is 290 g/mol. The van der Waals surface area contributed by atoms with Crippen molar-refractivity contribution in [1.29, 1.82) is 0 Å². The minimum Gasteiger partial charge on any atom is -0.378 e. The Labute approximate surface area is 126 Å². The quantitative estimate of drug-likeness (QED) is 0.925. The molecule has 0 unspecified atom stereocenters. The van der Waals surface area contributed by atoms with Gasteiger partial charge in [-0.1, -0.05) is 19.3 Å². The van der Waals surface area contributed by atoms with Gasteiger partial charge < -0.3 is 14.6 Å². The molecule has 0 radical (unpaired) electrons. The topological polar surface area (TPSA) is 45.3 Å². The molecule has 1 amide bonds. The first-order chi connectivity index (χ1) is 10.2. The molecule has 0 aliphatic heterocycles. The third-order valence-electron chi connectivity index (χ3n) is 5.53. The predicted molar refractivity (Wildman–Crippen MR) is 82.2 cm³/mol. The Balaban J connectivity index is 1.76. The summed E-state index contributed by atoms with van der Waals surface area (Å²) in [5.41, 5.74) is 0.956. The van der Waals surface area contributed by atoms with Gasteiger partial charge >= 0.3 is 0 Å². The summed E-state index contributed by atoms with van der Waals surface area (Å²) in [7, 11) is 1.96. The molecule has 2 aliphatic rings. The summed E-state index contributed by atoms with van der Waals surface area (Å²) in [5, 5.41) is 0. The van der Waals surface area contributed by atoms with Crippen LogP contribution in [0.25, 0.3) is 0 Å². The van der Waals surface area contributed by atoms with Gasteiger partial charge in [0.25, 0.3) is 5.91 Å². The lowest BCUT2D eigenvalue weighted by Crippen LogP contribution is -2.65. The number of nitrogens with zero attached hydrogens (tertiary/aromatic N) is 1. The monoisotopic (exact) mass is 290 g/mol. The molecule has 4 heteroatoms. The molecule has 116 valence electrons. The zero-order valence-electron chi connectivity index (χ0n) is 13.1. The lowest BCUT2D eigenvalue weighted by atomic mass is 9.54. The summed E-state index contributed by atoms with van der Waals surface area (Å²) in [4.78, 5) is 17.5. The van der Waals surface area contributed by atoms with E-state index in [2.05, 4.69) is 11.9 Å². The molecule has 2 aliphatic carbocycles. The number of aromatic amines is 1. The zero-order chi connectivity index (χ0) is 14.9. The Kier molecular flexibility index (Phi) is 4.07. The lowest BCUT2D eigenvalue weighted by Gasteiger charge is -2.60. The second kappa shape index (κ2) is 5.84. The molecule has 2 saturated carbocycles. The molecule has 1 aromatic heterocycles. The minimum atomic E-state index is 0.126. The van der Waals surface area contributed by atoms with Crippen LogP contribution in [0.4, 0.5) is 0 Å². The van der Waals surface area contributed by atoms with Crippen LogP contribution in [0.5, 0.6) is 0 Å². The Morgan fingerprint density at radius 2 is 2.19 bits per heavy atom. The maximum atomic E-state index is 12.6. The van der Waals surface area contributed by atoms with Crippen LogP contribution in [-0.4, -0.2) is 41.6 Å². The second-order valence-corrected chi connectivity index (χ2v) is 6.51. The maximum absolute atomic E-state index is 12.6. The summed E-state index contributed by atoms with van der Waals surface area (Å²) in [6.07, 6.45) is 11.2. The third kappa shape index (κ3) is 2.39. The van der Waals surface area contributed by atoms with Crippen molar-refractivity contribution in [2.24, 2.45) is 5.41 Å². The van der Waals surface area contributed by atoms with Crippen molar-refractivity contribution in [3.63, 3.8) is 0 Å². The Bertz CT molecular complexity index is 477. The van der Waals surface area contributed by atoms with Crippen molar-refractivity contribution in [3.05, 3.63) is 24.0 Å². The van der Waals surface area contributed by atoms with E-state index in [4.69, 9.17) is 4.74 Å². The van der Waals surface area contributed by atoms with Crippen LogP contribution < -0.4 is 0 Å². The van der Waals surface area contributed by atoms with Crippen molar-refractivity contribution in [2.45, 2.75) is 57.6 Å². The molecule has 2 fully saturated rings. The summed E-state index contributed by atoms with van der Waals surface area (Å²) in [6, 6.07) is 2.18. The number of hydrogen-bond donors (Lipinski definition) is 1. The SMILES string of the molecule is CCO[C@@H]1C[C@H](N(C)C(=O)c2cc[nH]c2)C12CCCCC2. The van der Waals surface area contributed by atoms with Crippen LogP contribution in [0.3, 0.4) is 0 Å². The van der Waals surface area contributed by atoms with Gasteiger partial charge in [-0.2, -0.15) is 0 Å². The van der Waals surface area contributed by atoms with Crippen LogP contribution in [0.15, 0.2) is 18.5 Å². The molecule has 1 aromatic rings. The highest BCUT2D eigenvalue weighted by atomic mass is 16.5. The van der Waals surface area contributed by atoms with E-state index in [0.29, 0.717) is 12.1 Å². The third-order valence-corrected chi connectivity index (χ3v) is 5.53. The van der Waals surface area contributed by atoms with Gasteiger partial charge in [0.1, 0.15) is 0 Å². The van der Waals surface area contributed by atoms with Crippen LogP contribution in [0.1, 0.15) is 55.8 Å². The predicted octanol–water partition coefficient (Wildman–Crippen LogP) is 3.21. The largest absolute Gasteiger partial charge is 0.378 e. The molecule has 1 spiro atoms. The Morgan fingerprint density at radius 3 is 2.81 bits per heavy atom. The smallest absolute Gasteiger partial charge is 0.255 e. The van der Waals surface area contributed by atoms with Gasteiger partial charge in [-0.25, -0.2) is 0 Å². The molecular weight excluding hydrogens is 264 g/mol. The van der Waals surface area contributed by atoms with E-state index in [9.17, 15) is 4.79 Å². The molecule has 21 heavy (non-hydrogen) atoms. The molecular formula is C17H26N2O2. The minimum absolute atomic E-state index is 0.126. The summed E-state index contributed by atoms with van der Waals surface area (Å²) in [6.45, 7) is 2.84. The van der Waals surface area contributed by atoms with Crippen molar-refractivity contribution >= 4 is 5.91 Å². The van der Waals surface area contributed by atoms with Gasteiger partial charge in [0, 0.05) is 37.5 Å². The van der Waals surface area contributed by atoms with E-state index >= 15 is 0 Å². The second-order valence-electron chi connectivity index (χ2n) is 6.51. The van der Waals surface area contributed by atoms with Crippen molar-refractivity contribution in [3.8, 4) is 0 Å². The standard InChI is InChI=1S/C17H26N2O2/c1-3-21-15-11-14(17(15)8-5-4-6-9-17)19(2)16(20)13-7-10-18-12-13/h7,10,12,14-15,18H,3-6,8-9,11H2,1-2H3/t14-,15+/m0/s1. The Hall–Kier alpha value is -1.29. The fraction of sp³-hybridized carbons (Fsp3) is 0.706. The summed E-state index contributed by atoms with van der Waals surface area (Å²) < 4.78 is 5.98. The van der Waals surface area contributed by atoms with Gasteiger partial charge in [0.2, 0.25) is 0 Å². The van der Waals surface area contributed by atoms with E-state index < -0.39 is 0 Å². The normalized spacial score (nSPS) is 27.3. The number of carbonyl (C=O) groups is 1. The average Bonchev–Trinajstić information content (AvgIpc) is 3.05. The van der Waals surface area contributed by atoms with Gasteiger partial charge in [-0.3, -0.25) is 4.79 Å². The molecule has 0 aromatic carbocycles. The Morgan fingerprint density at radius 1 is 1.43 bits per heavy atom. The van der Waals surface area contributed by atoms with Gasteiger partial charge in [-0.15, -0.1) is 0 Å². The van der Waals surface area contributed by atoms with E-state index in [1.165, 1.54) is 32.1 Å². The number of hydrogen-bond acceptors (Lipinski definition) is 2. The van der Waals surface area contributed by atoms with E-state index in [0.717, 1.165) is 18.6 Å². The van der Waals surface area contributed by atoms with Crippen molar-refractivity contribution in [2.75, 3.05) is 13.7 Å². The van der Waals surface area contributed by atoms with Crippen LogP contribution >= 0.6 is 0 Å². The number of rotatable bonds is 4. The van der Waals surface area contributed by atoms with Gasteiger partial charge in [0.05, 0.1) is 11.7 Å². The highest BCUT2D eigenvalue weighted by molar-refractivity contribution is 5.94. The first-order valence-corrected chi connectivity index (χ1v) is 8.20. The molecule has 3 rings (SSSR count). The number of carbonyl (C=O) groups excluding carboxylic acids is 1. The molecule has 1 N–H and O–H groups in total. The van der Waals surface area contributed by atoms with E-state index in [-0.39, 0.29) is 11.3 Å². The molecule has 0 bridgehead atoms. The fourth-order valence-electron chi connectivity index (χ4n) is 4.37. The van der Waals surface area contributed by atoms with Crippen LogP contribution in [-0.2, 0) is 4.74 Å². The number of aromatic nitrogens is 1.